The van der Waals surface area contributed by atoms with Crippen LogP contribution in [-0.4, -0.2) is 29.5 Å². The van der Waals surface area contributed by atoms with Crippen molar-refractivity contribution in [1.82, 2.24) is 15.3 Å². The third kappa shape index (κ3) is 5.07. The summed E-state index contributed by atoms with van der Waals surface area (Å²) < 4.78 is 5.34. The lowest BCUT2D eigenvalue weighted by Crippen LogP contribution is -2.27. The molecule has 0 fully saturated rings. The summed E-state index contributed by atoms with van der Waals surface area (Å²) in [7, 11) is 1.64. The van der Waals surface area contributed by atoms with Gasteiger partial charge in [-0.3, -0.25) is 4.79 Å². The normalized spacial score (nSPS) is 10.4. The molecule has 6 heteroatoms. The number of hydrogen-bond acceptors (Lipinski definition) is 5. The van der Waals surface area contributed by atoms with Crippen LogP contribution >= 0.6 is 0 Å². The van der Waals surface area contributed by atoms with E-state index in [0.29, 0.717) is 30.3 Å². The van der Waals surface area contributed by atoms with Crippen LogP contribution in [0.4, 0.5) is 11.5 Å². The lowest BCUT2D eigenvalue weighted by Gasteiger charge is -2.10. The van der Waals surface area contributed by atoms with Crippen LogP contribution in [0.1, 0.15) is 27.4 Å². The van der Waals surface area contributed by atoms with Crippen molar-refractivity contribution in [3.05, 3.63) is 77.2 Å². The Balaban J connectivity index is 1.64. The van der Waals surface area contributed by atoms with Gasteiger partial charge in [0.25, 0.3) is 5.91 Å². The number of hydrogen-bond donors (Lipinski definition) is 2. The van der Waals surface area contributed by atoms with Gasteiger partial charge in [0.1, 0.15) is 23.1 Å². The van der Waals surface area contributed by atoms with E-state index in [4.69, 9.17) is 4.74 Å². The van der Waals surface area contributed by atoms with Gasteiger partial charge in [0, 0.05) is 18.3 Å². The van der Waals surface area contributed by atoms with E-state index >= 15 is 0 Å². The first kappa shape index (κ1) is 19.4. The minimum Gasteiger partial charge on any atom is -0.496 e. The molecule has 1 amide bonds. The molecule has 144 valence electrons. The Hall–Kier alpha value is -3.41. The van der Waals surface area contributed by atoms with Crippen molar-refractivity contribution in [2.75, 3.05) is 19.0 Å². The Labute approximate surface area is 165 Å². The van der Waals surface area contributed by atoms with Crippen LogP contribution in [-0.2, 0) is 6.42 Å². The van der Waals surface area contributed by atoms with E-state index in [9.17, 15) is 4.79 Å². The average molecular weight is 376 g/mol. The van der Waals surface area contributed by atoms with Gasteiger partial charge in [0.2, 0.25) is 0 Å². The minimum absolute atomic E-state index is 0.229. The summed E-state index contributed by atoms with van der Waals surface area (Å²) in [5.41, 5.74) is 3.47. The summed E-state index contributed by atoms with van der Waals surface area (Å²) in [6.45, 7) is 4.29. The largest absolute Gasteiger partial charge is 0.496 e. The van der Waals surface area contributed by atoms with E-state index in [0.717, 1.165) is 17.0 Å². The fraction of sp³-hybridized carbons (Fsp3) is 0.227. The molecule has 0 spiro atoms. The van der Waals surface area contributed by atoms with Crippen LogP contribution in [0.3, 0.4) is 0 Å². The molecular formula is C22H24N4O2. The summed E-state index contributed by atoms with van der Waals surface area (Å²) in [6.07, 6.45) is 0.675. The van der Waals surface area contributed by atoms with Crippen molar-refractivity contribution in [3.8, 4) is 5.75 Å². The molecule has 6 nitrogen and oxygen atoms in total. The predicted molar refractivity (Wildman–Crippen MR) is 110 cm³/mol. The first-order chi connectivity index (χ1) is 13.5. The van der Waals surface area contributed by atoms with Gasteiger partial charge in [0.15, 0.2) is 0 Å². The summed E-state index contributed by atoms with van der Waals surface area (Å²) in [5.74, 6) is 1.71. The van der Waals surface area contributed by atoms with Crippen molar-refractivity contribution >= 4 is 17.4 Å². The van der Waals surface area contributed by atoms with E-state index in [2.05, 4.69) is 20.6 Å². The summed E-state index contributed by atoms with van der Waals surface area (Å²) in [5, 5.41) is 6.13. The van der Waals surface area contributed by atoms with Crippen molar-refractivity contribution in [3.63, 3.8) is 0 Å². The number of carbonyl (C=O) groups is 1. The van der Waals surface area contributed by atoms with Crippen LogP contribution < -0.4 is 15.4 Å². The molecule has 0 saturated heterocycles. The van der Waals surface area contributed by atoms with Gasteiger partial charge in [-0.25, -0.2) is 9.97 Å². The van der Waals surface area contributed by atoms with Crippen molar-refractivity contribution in [1.29, 1.82) is 0 Å². The highest BCUT2D eigenvalue weighted by molar-refractivity contribution is 5.93. The van der Waals surface area contributed by atoms with Gasteiger partial charge in [-0.2, -0.15) is 0 Å². The molecule has 0 aliphatic heterocycles. The molecule has 1 heterocycles. The van der Waals surface area contributed by atoms with Crippen molar-refractivity contribution in [2.45, 2.75) is 20.3 Å². The topological polar surface area (TPSA) is 76.1 Å². The van der Waals surface area contributed by atoms with Gasteiger partial charge < -0.3 is 15.4 Å². The fourth-order valence-corrected chi connectivity index (χ4v) is 2.84. The summed E-state index contributed by atoms with van der Waals surface area (Å²) in [6, 6.07) is 17.4. The van der Waals surface area contributed by atoms with Crippen LogP contribution in [0.2, 0.25) is 0 Å². The molecule has 3 aromatic rings. The molecule has 0 atom stereocenters. The zero-order valence-corrected chi connectivity index (χ0v) is 16.3. The van der Waals surface area contributed by atoms with Crippen LogP contribution in [0.25, 0.3) is 0 Å². The quantitative estimate of drug-likeness (QED) is 0.656. The average Bonchev–Trinajstić information content (AvgIpc) is 2.69. The smallest absolute Gasteiger partial charge is 0.270 e. The SMILES string of the molecule is COc1ccccc1CCNC(=O)c1cc(Nc2ccc(C)cc2)nc(C)n1. The zero-order valence-electron chi connectivity index (χ0n) is 16.3. The molecule has 0 saturated carbocycles. The van der Waals surface area contributed by atoms with E-state index in [1.54, 1.807) is 20.1 Å². The Morgan fingerprint density at radius 3 is 2.54 bits per heavy atom. The third-order valence-electron chi connectivity index (χ3n) is 4.27. The molecule has 1 aromatic heterocycles. The molecule has 2 aromatic carbocycles. The Morgan fingerprint density at radius 1 is 1.04 bits per heavy atom. The number of aryl methyl sites for hydroxylation is 2. The number of nitrogens with zero attached hydrogens (tertiary/aromatic N) is 2. The molecule has 2 N–H and O–H groups in total. The van der Waals surface area contributed by atoms with Crippen LogP contribution in [0.15, 0.2) is 54.6 Å². The van der Waals surface area contributed by atoms with Gasteiger partial charge >= 0.3 is 0 Å². The number of ether oxygens (including phenoxy) is 1. The number of benzene rings is 2. The standard InChI is InChI=1S/C22H24N4O2/c1-15-8-10-18(11-9-15)26-21-14-19(24-16(2)25-21)22(27)23-13-12-17-6-4-5-7-20(17)28-3/h4-11,14H,12-13H2,1-3H3,(H,23,27)(H,24,25,26). The molecule has 0 radical (unpaired) electrons. The van der Waals surface area contributed by atoms with Gasteiger partial charge in [-0.05, 0) is 44.0 Å². The molecular weight excluding hydrogens is 352 g/mol. The van der Waals surface area contributed by atoms with Crippen molar-refractivity contribution in [2.24, 2.45) is 0 Å². The predicted octanol–water partition coefficient (Wildman–Crippen LogP) is 3.82. The molecule has 28 heavy (non-hydrogen) atoms. The molecule has 0 unspecified atom stereocenters. The number of nitrogens with one attached hydrogen (secondary N) is 2. The number of methoxy groups -OCH3 is 1. The number of carbonyl (C=O) groups excluding carboxylic acids is 1. The highest BCUT2D eigenvalue weighted by Crippen LogP contribution is 2.18. The maximum Gasteiger partial charge on any atom is 0.270 e. The lowest BCUT2D eigenvalue weighted by molar-refractivity contribution is 0.0948. The first-order valence-corrected chi connectivity index (χ1v) is 9.14. The van der Waals surface area contributed by atoms with Gasteiger partial charge in [-0.1, -0.05) is 35.9 Å². The first-order valence-electron chi connectivity index (χ1n) is 9.14. The van der Waals surface area contributed by atoms with E-state index in [1.165, 1.54) is 5.56 Å². The van der Waals surface area contributed by atoms with Crippen LogP contribution in [0.5, 0.6) is 5.75 Å². The minimum atomic E-state index is -0.229. The Morgan fingerprint density at radius 2 is 1.79 bits per heavy atom. The zero-order chi connectivity index (χ0) is 19.9. The lowest BCUT2D eigenvalue weighted by atomic mass is 10.1. The van der Waals surface area contributed by atoms with E-state index in [-0.39, 0.29) is 5.91 Å². The van der Waals surface area contributed by atoms with Gasteiger partial charge in [0.05, 0.1) is 7.11 Å². The fourth-order valence-electron chi connectivity index (χ4n) is 2.84. The monoisotopic (exact) mass is 376 g/mol. The van der Waals surface area contributed by atoms with Crippen molar-refractivity contribution < 1.29 is 9.53 Å². The number of anilines is 2. The van der Waals surface area contributed by atoms with E-state index < -0.39 is 0 Å². The Kier molecular flexibility index (Phi) is 6.22. The van der Waals surface area contributed by atoms with E-state index in [1.807, 2.05) is 55.5 Å². The summed E-state index contributed by atoms with van der Waals surface area (Å²) >= 11 is 0. The highest BCUT2D eigenvalue weighted by Gasteiger charge is 2.11. The number of amides is 1. The van der Waals surface area contributed by atoms with Gasteiger partial charge in [-0.15, -0.1) is 0 Å². The molecule has 0 aliphatic rings. The van der Waals surface area contributed by atoms with Crippen LogP contribution in [0, 0.1) is 13.8 Å². The second-order valence-corrected chi connectivity index (χ2v) is 6.49. The molecule has 0 bridgehead atoms. The highest BCUT2D eigenvalue weighted by atomic mass is 16.5. The molecule has 3 rings (SSSR count). The maximum absolute atomic E-state index is 12.5. The number of aromatic nitrogens is 2. The Bertz CT molecular complexity index is 955. The number of para-hydroxylation sites is 1. The second-order valence-electron chi connectivity index (χ2n) is 6.49. The number of rotatable bonds is 7. The maximum atomic E-state index is 12.5. The summed E-state index contributed by atoms with van der Waals surface area (Å²) in [4.78, 5) is 21.2. The second kappa shape index (κ2) is 8.99. The third-order valence-corrected chi connectivity index (χ3v) is 4.27. The molecule has 0 aliphatic carbocycles.